The van der Waals surface area contributed by atoms with Crippen molar-refractivity contribution in [2.45, 2.75) is 39.3 Å². The third kappa shape index (κ3) is 3.51. The molecule has 0 radical (unpaired) electrons. The number of nitrogens with two attached hydrogens (primary N) is 1. The fourth-order valence-corrected chi connectivity index (χ4v) is 2.92. The van der Waals surface area contributed by atoms with Crippen molar-refractivity contribution < 1.29 is 4.39 Å². The van der Waals surface area contributed by atoms with Crippen molar-refractivity contribution in [3.63, 3.8) is 0 Å². The van der Waals surface area contributed by atoms with Crippen LogP contribution in [0.5, 0.6) is 0 Å². The highest BCUT2D eigenvalue weighted by Gasteiger charge is 2.23. The first-order chi connectivity index (χ1) is 8.97. The minimum absolute atomic E-state index is 0.271. The maximum Gasteiger partial charge on any atom is 0.123 e. The van der Waals surface area contributed by atoms with Crippen LogP contribution in [0.15, 0.2) is 18.2 Å². The highest BCUT2D eigenvalue weighted by atomic mass is 32.1. The minimum Gasteiger partial charge on any atom is -0.389 e. The zero-order valence-corrected chi connectivity index (χ0v) is 12.3. The Bertz CT molecular complexity index is 475. The van der Waals surface area contributed by atoms with E-state index < -0.39 is 0 Å². The predicted molar refractivity (Wildman–Crippen MR) is 80.6 cm³/mol. The van der Waals surface area contributed by atoms with Crippen molar-refractivity contribution >= 4 is 17.2 Å². The lowest BCUT2D eigenvalue weighted by atomic mass is 9.94. The number of likely N-dealkylation sites (tertiary alicyclic amines) is 1. The van der Waals surface area contributed by atoms with E-state index >= 15 is 0 Å². The van der Waals surface area contributed by atoms with E-state index in [-0.39, 0.29) is 10.8 Å². The molecule has 1 heterocycles. The van der Waals surface area contributed by atoms with E-state index in [0.717, 1.165) is 18.7 Å². The van der Waals surface area contributed by atoms with Crippen LogP contribution in [0.1, 0.15) is 37.8 Å². The number of rotatable bonds is 3. The summed E-state index contributed by atoms with van der Waals surface area (Å²) in [6, 6.07) is 5.28. The molecule has 0 saturated carbocycles. The minimum atomic E-state index is -0.286. The van der Waals surface area contributed by atoms with Crippen molar-refractivity contribution in [1.29, 1.82) is 0 Å². The van der Waals surface area contributed by atoms with Crippen molar-refractivity contribution in [3.8, 4) is 0 Å². The molecule has 104 valence electrons. The first-order valence-electron chi connectivity index (χ1n) is 6.79. The van der Waals surface area contributed by atoms with E-state index in [0.29, 0.717) is 17.5 Å². The lowest BCUT2D eigenvalue weighted by Gasteiger charge is -2.37. The fraction of sp³-hybridized carbons (Fsp3) is 0.533. The lowest BCUT2D eigenvalue weighted by Crippen LogP contribution is -2.40. The molecule has 1 aliphatic heterocycles. The Hall–Kier alpha value is -1.00. The third-order valence-corrected chi connectivity index (χ3v) is 4.18. The molecule has 1 aromatic rings. The average molecular weight is 280 g/mol. The monoisotopic (exact) mass is 280 g/mol. The lowest BCUT2D eigenvalue weighted by molar-refractivity contribution is 0.117. The first-order valence-corrected chi connectivity index (χ1v) is 7.20. The number of halogens is 1. The third-order valence-electron chi connectivity index (χ3n) is 3.96. The second-order valence-corrected chi connectivity index (χ2v) is 6.07. The van der Waals surface area contributed by atoms with Crippen molar-refractivity contribution in [3.05, 3.63) is 35.1 Å². The zero-order chi connectivity index (χ0) is 14.0. The molecule has 1 saturated heterocycles. The maximum atomic E-state index is 13.3. The smallest absolute Gasteiger partial charge is 0.123 e. The molecule has 2 unspecified atom stereocenters. The molecule has 0 amide bonds. The summed E-state index contributed by atoms with van der Waals surface area (Å²) in [6.45, 7) is 6.39. The van der Waals surface area contributed by atoms with Gasteiger partial charge in [-0.25, -0.2) is 4.39 Å². The highest BCUT2D eigenvalue weighted by molar-refractivity contribution is 7.80. The normalized spacial score (nSPS) is 24.4. The van der Waals surface area contributed by atoms with E-state index in [2.05, 4.69) is 18.7 Å². The second-order valence-electron chi connectivity index (χ2n) is 5.63. The largest absolute Gasteiger partial charge is 0.389 e. The number of hydrogen-bond acceptors (Lipinski definition) is 2. The molecule has 4 heteroatoms. The van der Waals surface area contributed by atoms with Crippen LogP contribution in [0, 0.1) is 11.7 Å². The van der Waals surface area contributed by atoms with Crippen LogP contribution in [0.25, 0.3) is 0 Å². The van der Waals surface area contributed by atoms with E-state index in [1.54, 1.807) is 6.07 Å². The Morgan fingerprint density at radius 1 is 1.42 bits per heavy atom. The van der Waals surface area contributed by atoms with Gasteiger partial charge in [0.25, 0.3) is 0 Å². The Morgan fingerprint density at radius 2 is 2.16 bits per heavy atom. The SMILES string of the molecule is CC1CCC(C)N(Cc2ccc(F)cc2C(N)=S)C1. The van der Waals surface area contributed by atoms with Crippen molar-refractivity contribution in [2.75, 3.05) is 6.54 Å². The zero-order valence-electron chi connectivity index (χ0n) is 11.5. The van der Waals surface area contributed by atoms with Crippen molar-refractivity contribution in [1.82, 2.24) is 4.90 Å². The molecule has 0 spiro atoms. The molecule has 2 nitrogen and oxygen atoms in total. The van der Waals surface area contributed by atoms with Gasteiger partial charge in [-0.1, -0.05) is 25.2 Å². The molecular formula is C15H21FN2S. The van der Waals surface area contributed by atoms with Gasteiger partial charge in [0.1, 0.15) is 10.8 Å². The predicted octanol–water partition coefficient (Wildman–Crippen LogP) is 3.08. The van der Waals surface area contributed by atoms with Gasteiger partial charge in [-0.2, -0.15) is 0 Å². The van der Waals surface area contributed by atoms with Crippen LogP contribution >= 0.6 is 12.2 Å². The van der Waals surface area contributed by atoms with E-state index in [1.807, 2.05) is 0 Å². The van der Waals surface area contributed by atoms with Crippen LogP contribution in [0.4, 0.5) is 4.39 Å². The fourth-order valence-electron chi connectivity index (χ4n) is 2.73. The molecule has 0 bridgehead atoms. The van der Waals surface area contributed by atoms with Gasteiger partial charge in [0.15, 0.2) is 0 Å². The number of nitrogens with zero attached hydrogens (tertiary/aromatic N) is 1. The van der Waals surface area contributed by atoms with Crippen LogP contribution < -0.4 is 5.73 Å². The Kier molecular flexibility index (Phi) is 4.53. The second kappa shape index (κ2) is 5.97. The number of benzene rings is 1. The summed E-state index contributed by atoms with van der Waals surface area (Å²) in [6.07, 6.45) is 2.49. The molecule has 1 fully saturated rings. The Morgan fingerprint density at radius 3 is 2.84 bits per heavy atom. The van der Waals surface area contributed by atoms with E-state index in [4.69, 9.17) is 18.0 Å². The molecule has 1 aliphatic rings. The van der Waals surface area contributed by atoms with Crippen LogP contribution in [-0.2, 0) is 6.54 Å². The van der Waals surface area contributed by atoms with Gasteiger partial charge in [0, 0.05) is 24.7 Å². The summed E-state index contributed by atoms with van der Waals surface area (Å²) < 4.78 is 13.3. The molecule has 0 aliphatic carbocycles. The summed E-state index contributed by atoms with van der Waals surface area (Å²) in [4.78, 5) is 2.70. The molecule has 0 aromatic heterocycles. The summed E-state index contributed by atoms with van der Waals surface area (Å²) in [5.41, 5.74) is 7.39. The molecular weight excluding hydrogens is 259 g/mol. The standard InChI is InChI=1S/C15H21FN2S/c1-10-3-4-11(2)18(8-10)9-12-5-6-13(16)7-14(12)15(17)19/h5-7,10-11H,3-4,8-9H2,1-2H3,(H2,17,19). The highest BCUT2D eigenvalue weighted by Crippen LogP contribution is 2.24. The van der Waals surface area contributed by atoms with E-state index in [1.165, 1.54) is 25.0 Å². The summed E-state index contributed by atoms with van der Waals surface area (Å²) in [7, 11) is 0. The summed E-state index contributed by atoms with van der Waals surface area (Å²) >= 11 is 5.02. The van der Waals surface area contributed by atoms with Gasteiger partial charge >= 0.3 is 0 Å². The van der Waals surface area contributed by atoms with Gasteiger partial charge in [0.2, 0.25) is 0 Å². The van der Waals surface area contributed by atoms with Gasteiger partial charge in [0.05, 0.1) is 0 Å². The molecule has 2 atom stereocenters. The summed E-state index contributed by atoms with van der Waals surface area (Å²) in [5, 5.41) is 0. The molecule has 2 N–H and O–H groups in total. The number of piperidine rings is 1. The Balaban J connectivity index is 2.20. The van der Waals surface area contributed by atoms with E-state index in [9.17, 15) is 4.39 Å². The number of thiocarbonyl (C=S) groups is 1. The van der Waals surface area contributed by atoms with Crippen LogP contribution in [0.2, 0.25) is 0 Å². The topological polar surface area (TPSA) is 29.3 Å². The van der Waals surface area contributed by atoms with Gasteiger partial charge in [-0.3, -0.25) is 4.90 Å². The Labute approximate surface area is 119 Å². The molecule has 19 heavy (non-hydrogen) atoms. The first kappa shape index (κ1) is 14.4. The quantitative estimate of drug-likeness (QED) is 0.863. The molecule has 1 aromatic carbocycles. The van der Waals surface area contributed by atoms with Gasteiger partial charge in [-0.05, 0) is 43.4 Å². The average Bonchev–Trinajstić information content (AvgIpc) is 2.35. The maximum absolute atomic E-state index is 13.3. The van der Waals surface area contributed by atoms with Crippen LogP contribution in [-0.4, -0.2) is 22.5 Å². The number of hydrogen-bond donors (Lipinski definition) is 1. The van der Waals surface area contributed by atoms with Crippen LogP contribution in [0.3, 0.4) is 0 Å². The summed E-state index contributed by atoms with van der Waals surface area (Å²) in [5.74, 6) is 0.427. The van der Waals surface area contributed by atoms with Crippen molar-refractivity contribution in [2.24, 2.45) is 11.7 Å². The van der Waals surface area contributed by atoms with Gasteiger partial charge in [-0.15, -0.1) is 0 Å². The molecule has 2 rings (SSSR count). The van der Waals surface area contributed by atoms with Gasteiger partial charge < -0.3 is 5.73 Å².